The highest BCUT2D eigenvalue weighted by atomic mass is 35.5. The summed E-state index contributed by atoms with van der Waals surface area (Å²) in [7, 11) is -3.24. The van der Waals surface area contributed by atoms with E-state index in [9.17, 15) is 8.42 Å². The van der Waals surface area contributed by atoms with E-state index in [-0.39, 0.29) is 0 Å². The normalized spacial score (nSPS) is 17.0. The van der Waals surface area contributed by atoms with Crippen LogP contribution >= 0.6 is 11.6 Å². The lowest BCUT2D eigenvalue weighted by molar-refractivity contribution is 0.333. The van der Waals surface area contributed by atoms with Crippen LogP contribution in [0.3, 0.4) is 0 Å². The van der Waals surface area contributed by atoms with Gasteiger partial charge in [0, 0.05) is 23.4 Å². The number of sulfone groups is 1. The van der Waals surface area contributed by atoms with Crippen molar-refractivity contribution in [2.45, 2.75) is 50.0 Å². The average molecular weight is 330 g/mol. The van der Waals surface area contributed by atoms with Crippen molar-refractivity contribution in [3.63, 3.8) is 0 Å². The van der Waals surface area contributed by atoms with E-state index in [4.69, 9.17) is 11.6 Å². The van der Waals surface area contributed by atoms with E-state index < -0.39 is 9.84 Å². The monoisotopic (exact) mass is 329 g/mol. The summed E-state index contributed by atoms with van der Waals surface area (Å²) in [6.07, 6.45) is 9.15. The molecule has 0 unspecified atom stereocenters. The Morgan fingerprint density at radius 2 is 1.95 bits per heavy atom. The number of rotatable bonds is 6. The van der Waals surface area contributed by atoms with Crippen molar-refractivity contribution in [2.75, 3.05) is 12.8 Å². The fraction of sp³-hybridized carbons (Fsp3) is 0.625. The minimum absolute atomic E-state index is 0.333. The van der Waals surface area contributed by atoms with E-state index in [2.05, 4.69) is 5.32 Å². The Labute approximate surface area is 133 Å². The van der Waals surface area contributed by atoms with E-state index in [0.717, 1.165) is 12.5 Å². The van der Waals surface area contributed by atoms with Crippen LogP contribution in [0.1, 0.15) is 44.1 Å². The van der Waals surface area contributed by atoms with Crippen molar-refractivity contribution < 1.29 is 8.42 Å². The first-order valence-electron chi connectivity index (χ1n) is 7.66. The summed E-state index contributed by atoms with van der Waals surface area (Å²) >= 11 is 6.16. The smallest absolute Gasteiger partial charge is 0.175 e. The van der Waals surface area contributed by atoms with Crippen LogP contribution in [0.2, 0.25) is 5.02 Å². The molecular weight excluding hydrogens is 306 g/mol. The molecule has 0 aromatic heterocycles. The largest absolute Gasteiger partial charge is 0.313 e. The predicted octanol–water partition coefficient (Wildman–Crippen LogP) is 3.80. The lowest BCUT2D eigenvalue weighted by Gasteiger charge is -2.21. The van der Waals surface area contributed by atoms with Gasteiger partial charge in [0.05, 0.1) is 4.90 Å². The van der Waals surface area contributed by atoms with Crippen molar-refractivity contribution >= 4 is 21.4 Å². The lowest BCUT2D eigenvalue weighted by Crippen LogP contribution is -2.20. The highest BCUT2D eigenvalue weighted by Crippen LogP contribution is 2.26. The topological polar surface area (TPSA) is 46.2 Å². The van der Waals surface area contributed by atoms with Crippen molar-refractivity contribution in [3.8, 4) is 0 Å². The maximum Gasteiger partial charge on any atom is 0.175 e. The molecule has 1 fully saturated rings. The summed E-state index contributed by atoms with van der Waals surface area (Å²) in [5, 5.41) is 3.87. The van der Waals surface area contributed by atoms with E-state index in [1.165, 1.54) is 44.8 Å². The van der Waals surface area contributed by atoms with Gasteiger partial charge in [0.25, 0.3) is 0 Å². The molecule has 0 amide bonds. The van der Waals surface area contributed by atoms with E-state index in [1.54, 1.807) is 18.2 Å². The van der Waals surface area contributed by atoms with Crippen molar-refractivity contribution in [1.82, 2.24) is 5.32 Å². The maximum absolute atomic E-state index is 11.8. The summed E-state index contributed by atoms with van der Waals surface area (Å²) in [6, 6.07) is 5.05. The van der Waals surface area contributed by atoms with E-state index in [1.807, 2.05) is 0 Å². The Balaban J connectivity index is 1.91. The Hall–Kier alpha value is -0.580. The first-order chi connectivity index (χ1) is 9.98. The highest BCUT2D eigenvalue weighted by molar-refractivity contribution is 7.90. The molecule has 2 rings (SSSR count). The molecule has 0 heterocycles. The molecule has 21 heavy (non-hydrogen) atoms. The van der Waals surface area contributed by atoms with Gasteiger partial charge in [-0.05, 0) is 31.0 Å². The molecule has 1 aliphatic carbocycles. The Kier molecular flexibility index (Phi) is 6.08. The van der Waals surface area contributed by atoms with Crippen LogP contribution in [0.4, 0.5) is 0 Å². The standard InChI is InChI=1S/C16H24ClNO2S/c1-21(19,20)16-9-5-8-15(17)14(16)12-18-11-10-13-6-3-2-4-7-13/h5,8-9,13,18H,2-4,6-7,10-12H2,1H3. The highest BCUT2D eigenvalue weighted by Gasteiger charge is 2.16. The molecule has 1 aromatic carbocycles. The molecule has 1 aliphatic rings. The molecule has 1 aromatic rings. The fourth-order valence-corrected chi connectivity index (χ4v) is 4.31. The van der Waals surface area contributed by atoms with Gasteiger partial charge in [-0.2, -0.15) is 0 Å². The molecule has 0 bridgehead atoms. The average Bonchev–Trinajstić information content (AvgIpc) is 2.45. The predicted molar refractivity (Wildman–Crippen MR) is 87.5 cm³/mol. The van der Waals surface area contributed by atoms with Crippen LogP contribution in [-0.2, 0) is 16.4 Å². The van der Waals surface area contributed by atoms with Gasteiger partial charge >= 0.3 is 0 Å². The summed E-state index contributed by atoms with van der Waals surface area (Å²) in [5.74, 6) is 0.826. The zero-order valence-electron chi connectivity index (χ0n) is 12.6. The molecule has 3 nitrogen and oxygen atoms in total. The lowest BCUT2D eigenvalue weighted by atomic mass is 9.87. The first kappa shape index (κ1) is 16.8. The summed E-state index contributed by atoms with van der Waals surface area (Å²) in [4.78, 5) is 0.333. The van der Waals surface area contributed by atoms with Crippen LogP contribution in [0.5, 0.6) is 0 Å². The third-order valence-electron chi connectivity index (χ3n) is 4.23. The molecule has 1 saturated carbocycles. The number of halogens is 1. The molecule has 0 saturated heterocycles. The molecule has 0 aliphatic heterocycles. The fourth-order valence-electron chi connectivity index (χ4n) is 3.05. The van der Waals surface area contributed by atoms with Crippen LogP contribution in [0.25, 0.3) is 0 Å². The van der Waals surface area contributed by atoms with Crippen molar-refractivity contribution in [3.05, 3.63) is 28.8 Å². The SMILES string of the molecule is CS(=O)(=O)c1cccc(Cl)c1CNCCC1CCCCC1. The van der Waals surface area contributed by atoms with Gasteiger partial charge in [0.2, 0.25) is 0 Å². The van der Waals surface area contributed by atoms with Gasteiger partial charge < -0.3 is 5.32 Å². The van der Waals surface area contributed by atoms with E-state index in [0.29, 0.717) is 22.0 Å². The van der Waals surface area contributed by atoms with Gasteiger partial charge in [0.15, 0.2) is 9.84 Å². The molecule has 0 atom stereocenters. The summed E-state index contributed by atoms with van der Waals surface area (Å²) in [5.41, 5.74) is 0.685. The van der Waals surface area contributed by atoms with Gasteiger partial charge in [-0.3, -0.25) is 0 Å². The third kappa shape index (κ3) is 4.97. The minimum atomic E-state index is -3.24. The molecule has 0 spiro atoms. The number of hydrogen-bond acceptors (Lipinski definition) is 3. The second kappa shape index (κ2) is 7.61. The summed E-state index contributed by atoms with van der Waals surface area (Å²) in [6.45, 7) is 1.42. The summed E-state index contributed by atoms with van der Waals surface area (Å²) < 4.78 is 23.6. The van der Waals surface area contributed by atoms with E-state index >= 15 is 0 Å². The number of hydrogen-bond donors (Lipinski definition) is 1. The van der Waals surface area contributed by atoms with Crippen LogP contribution in [0, 0.1) is 5.92 Å². The van der Waals surface area contributed by atoms with Gasteiger partial charge in [-0.1, -0.05) is 49.8 Å². The molecule has 118 valence electrons. The van der Waals surface area contributed by atoms with Crippen LogP contribution in [-0.4, -0.2) is 21.2 Å². The van der Waals surface area contributed by atoms with Gasteiger partial charge in [0.1, 0.15) is 0 Å². The Morgan fingerprint density at radius 1 is 1.24 bits per heavy atom. The van der Waals surface area contributed by atoms with Crippen molar-refractivity contribution in [1.29, 1.82) is 0 Å². The second-order valence-corrected chi connectivity index (χ2v) is 8.35. The van der Waals surface area contributed by atoms with Gasteiger partial charge in [-0.15, -0.1) is 0 Å². The minimum Gasteiger partial charge on any atom is -0.313 e. The quantitative estimate of drug-likeness (QED) is 0.807. The molecule has 1 N–H and O–H groups in total. The number of benzene rings is 1. The zero-order chi connectivity index (χ0) is 15.3. The first-order valence-corrected chi connectivity index (χ1v) is 9.93. The molecule has 5 heteroatoms. The maximum atomic E-state index is 11.8. The third-order valence-corrected chi connectivity index (χ3v) is 5.77. The van der Waals surface area contributed by atoms with Gasteiger partial charge in [-0.25, -0.2) is 8.42 Å². The molecule has 0 radical (unpaired) electrons. The zero-order valence-corrected chi connectivity index (χ0v) is 14.1. The Morgan fingerprint density at radius 3 is 2.62 bits per heavy atom. The Bertz CT molecular complexity index is 566. The second-order valence-electron chi connectivity index (χ2n) is 5.96. The van der Waals surface area contributed by atoms with Crippen LogP contribution < -0.4 is 5.32 Å². The van der Waals surface area contributed by atoms with Crippen LogP contribution in [0.15, 0.2) is 23.1 Å². The number of nitrogens with one attached hydrogen (secondary N) is 1. The van der Waals surface area contributed by atoms with Crippen molar-refractivity contribution in [2.24, 2.45) is 5.92 Å². The molecular formula is C16H24ClNO2S.